The van der Waals surface area contributed by atoms with Gasteiger partial charge in [0.15, 0.2) is 0 Å². The fraction of sp³-hybridized carbons (Fsp3) is 0.130. The third-order valence-electron chi connectivity index (χ3n) is 7.91. The Balaban J connectivity index is 0.000000336. The zero-order valence-corrected chi connectivity index (χ0v) is 32.3. The van der Waals surface area contributed by atoms with Gasteiger partial charge in [0.1, 0.15) is 15.9 Å². The average molecular weight is 768 g/mol. The van der Waals surface area contributed by atoms with E-state index < -0.39 is 7.92 Å². The molecule has 0 saturated carbocycles. The summed E-state index contributed by atoms with van der Waals surface area (Å²) >= 11 is 4.28. The first-order valence-corrected chi connectivity index (χ1v) is 18.4. The van der Waals surface area contributed by atoms with Gasteiger partial charge in [0, 0.05) is 0 Å². The summed E-state index contributed by atoms with van der Waals surface area (Å²) in [6.45, 7) is 0. The van der Waals surface area contributed by atoms with Crippen LogP contribution in [0.3, 0.4) is 0 Å². The van der Waals surface area contributed by atoms with Crippen LogP contribution in [0.25, 0.3) is 5.57 Å². The molecule has 0 atom stereocenters. The molecule has 0 bridgehead atoms. The van der Waals surface area contributed by atoms with Crippen LogP contribution in [-0.4, -0.2) is 5.75 Å². The average Bonchev–Trinajstić information content (AvgIpc) is 3.13. The second-order valence-electron chi connectivity index (χ2n) is 11.3. The first kappa shape index (κ1) is 41.6. The molecule has 0 amide bonds. The molecule has 6 aromatic rings. The molecule has 0 nitrogen and oxygen atoms in total. The van der Waals surface area contributed by atoms with E-state index in [1.54, 1.807) is 0 Å². The molecule has 0 fully saturated rings. The van der Waals surface area contributed by atoms with Crippen LogP contribution in [0.2, 0.25) is 0 Å². The summed E-state index contributed by atoms with van der Waals surface area (Å²) in [5, 5.41) is 4.31. The molecule has 0 aliphatic heterocycles. The topological polar surface area (TPSA) is 0 Å². The molecule has 0 radical (unpaired) electrons. The summed E-state index contributed by atoms with van der Waals surface area (Å²) in [5.74, 6) is 1.00. The standard InChI is InChI=1S/C26H27S.C18H15P.2CH3.Rh/c27-20-10-2-1-5-11-22-16-18-25(19-17-22)26(24-14-8-4-9-15-24)21-23-12-6-3-7-13-23;1-4-10-16(11-5-1)19(17-12-6-2-7-13-17)18-14-8-3-9-15-18;;;/h3-4,6-9,12-19,27H,1-2,5,10-11,20H2;1-15H;2*1H3;/q-1;;2*-1;+3/p+1. The first-order chi connectivity index (χ1) is 22.8. The Bertz CT molecular complexity index is 1610. The molecule has 49 heavy (non-hydrogen) atoms. The van der Waals surface area contributed by atoms with Crippen molar-refractivity contribution in [2.75, 3.05) is 5.75 Å². The van der Waals surface area contributed by atoms with Crippen LogP contribution in [0, 0.1) is 20.9 Å². The van der Waals surface area contributed by atoms with Gasteiger partial charge in [0.2, 0.25) is 0 Å². The minimum atomic E-state index is -0.877. The SMILES string of the molecule is SCCCCCCc1ccc(C(=[C-]c2ccccc2)c2ccccc2)cc1.[CH3-].[CH3-].[Rh+3].c1ccc([PH+](c2ccccc2)c2ccccc2)cc1. The normalized spacial score (nSPS) is 10.4. The Morgan fingerprint density at radius 2 is 0.837 bits per heavy atom. The number of benzene rings is 6. The van der Waals surface area contributed by atoms with E-state index in [-0.39, 0.29) is 34.3 Å². The molecular weight excluding hydrogens is 718 g/mol. The van der Waals surface area contributed by atoms with Gasteiger partial charge in [0.05, 0.1) is 7.92 Å². The number of hydrogen-bond acceptors (Lipinski definition) is 1. The number of rotatable bonds is 12. The molecule has 0 aliphatic rings. The van der Waals surface area contributed by atoms with Gasteiger partial charge in [-0.05, 0) is 67.0 Å². The van der Waals surface area contributed by atoms with E-state index in [1.165, 1.54) is 58.3 Å². The van der Waals surface area contributed by atoms with Gasteiger partial charge in [0.25, 0.3) is 0 Å². The molecule has 0 saturated heterocycles. The minimum Gasteiger partial charge on any atom is -0.358 e. The molecule has 252 valence electrons. The third-order valence-corrected chi connectivity index (χ3v) is 11.0. The van der Waals surface area contributed by atoms with E-state index in [2.05, 4.69) is 189 Å². The van der Waals surface area contributed by atoms with Gasteiger partial charge in [-0.1, -0.05) is 151 Å². The van der Waals surface area contributed by atoms with Gasteiger partial charge < -0.3 is 14.9 Å². The largest absolute Gasteiger partial charge is 3.00 e. The second kappa shape index (κ2) is 23.8. The van der Waals surface area contributed by atoms with Crippen LogP contribution in [0.1, 0.15) is 47.9 Å². The van der Waals surface area contributed by atoms with Crippen molar-refractivity contribution < 1.29 is 19.5 Å². The van der Waals surface area contributed by atoms with Crippen molar-refractivity contribution in [2.45, 2.75) is 32.1 Å². The second-order valence-corrected chi connectivity index (χ2v) is 14.2. The van der Waals surface area contributed by atoms with Crippen LogP contribution in [-0.2, 0) is 25.9 Å². The van der Waals surface area contributed by atoms with Crippen molar-refractivity contribution in [3.8, 4) is 0 Å². The van der Waals surface area contributed by atoms with Gasteiger partial charge in [-0.15, -0.1) is 29.3 Å². The molecule has 0 heterocycles. The Hall–Kier alpha value is -3.54. The van der Waals surface area contributed by atoms with E-state index in [1.807, 2.05) is 6.07 Å². The van der Waals surface area contributed by atoms with E-state index in [0.717, 1.165) is 23.3 Å². The molecule has 3 heteroatoms. The Morgan fingerprint density at radius 3 is 1.29 bits per heavy atom. The quantitative estimate of drug-likeness (QED) is 0.0315. The fourth-order valence-corrected chi connectivity index (χ4v) is 8.33. The zero-order valence-electron chi connectivity index (χ0n) is 28.8. The van der Waals surface area contributed by atoms with Gasteiger partial charge in [-0.2, -0.15) is 12.6 Å². The van der Waals surface area contributed by atoms with Gasteiger partial charge in [-0.3, -0.25) is 0 Å². The summed E-state index contributed by atoms with van der Waals surface area (Å²) in [6, 6.07) is 62.4. The summed E-state index contributed by atoms with van der Waals surface area (Å²) < 4.78 is 0. The molecule has 0 aromatic heterocycles. The fourth-order valence-electron chi connectivity index (χ4n) is 5.53. The molecular formula is C46H49PRhS+. The predicted molar refractivity (Wildman–Crippen MR) is 220 cm³/mol. The summed E-state index contributed by atoms with van der Waals surface area (Å²) in [4.78, 5) is 0. The monoisotopic (exact) mass is 767 g/mol. The number of hydrogen-bond donors (Lipinski definition) is 1. The van der Waals surface area contributed by atoms with Crippen LogP contribution < -0.4 is 15.9 Å². The smallest absolute Gasteiger partial charge is 0.358 e. The molecule has 6 rings (SSSR count). The van der Waals surface area contributed by atoms with E-state index in [9.17, 15) is 0 Å². The number of thiol groups is 1. The predicted octanol–water partition coefficient (Wildman–Crippen LogP) is 11.1. The van der Waals surface area contributed by atoms with Crippen LogP contribution >= 0.6 is 20.6 Å². The molecule has 0 spiro atoms. The van der Waals surface area contributed by atoms with Gasteiger partial charge >= 0.3 is 19.5 Å². The van der Waals surface area contributed by atoms with Crippen molar-refractivity contribution in [3.63, 3.8) is 0 Å². The zero-order chi connectivity index (χ0) is 31.7. The molecule has 0 unspecified atom stereocenters. The van der Waals surface area contributed by atoms with Crippen LogP contribution in [0.5, 0.6) is 0 Å². The molecule has 0 aliphatic carbocycles. The first-order valence-electron chi connectivity index (χ1n) is 16.3. The maximum absolute atomic E-state index is 4.28. The minimum absolute atomic E-state index is 0. The maximum atomic E-state index is 4.28. The Labute approximate surface area is 316 Å². The van der Waals surface area contributed by atoms with E-state index in [0.29, 0.717) is 0 Å². The Kier molecular flexibility index (Phi) is 20.2. The van der Waals surface area contributed by atoms with Crippen molar-refractivity contribution in [1.82, 2.24) is 0 Å². The Morgan fingerprint density at radius 1 is 0.449 bits per heavy atom. The van der Waals surface area contributed by atoms with Gasteiger partial charge in [-0.25, -0.2) is 0 Å². The summed E-state index contributed by atoms with van der Waals surface area (Å²) in [7, 11) is -0.877. The number of unbranched alkanes of at least 4 members (excludes halogenated alkanes) is 3. The van der Waals surface area contributed by atoms with E-state index in [4.69, 9.17) is 0 Å². The van der Waals surface area contributed by atoms with Crippen molar-refractivity contribution in [1.29, 1.82) is 0 Å². The molecule has 0 N–H and O–H groups in total. The van der Waals surface area contributed by atoms with Crippen LogP contribution in [0.15, 0.2) is 176 Å². The van der Waals surface area contributed by atoms with Crippen molar-refractivity contribution in [3.05, 3.63) is 219 Å². The van der Waals surface area contributed by atoms with Crippen molar-refractivity contribution in [2.24, 2.45) is 0 Å². The third kappa shape index (κ3) is 13.4. The number of aryl methyl sites for hydroxylation is 1. The molecule has 6 aromatic carbocycles. The van der Waals surface area contributed by atoms with E-state index >= 15 is 0 Å². The van der Waals surface area contributed by atoms with Crippen LogP contribution in [0.4, 0.5) is 0 Å². The maximum Gasteiger partial charge on any atom is 3.00 e. The summed E-state index contributed by atoms with van der Waals surface area (Å²) in [6.07, 6.45) is 9.82. The summed E-state index contributed by atoms with van der Waals surface area (Å²) in [5.41, 5.74) is 6.06. The van der Waals surface area contributed by atoms with Crippen molar-refractivity contribution >= 4 is 42.0 Å².